The normalized spacial score (nSPS) is 21.2. The molecule has 1 aromatic rings. The molecule has 2 fully saturated rings. The van der Waals surface area contributed by atoms with Crippen LogP contribution in [-0.2, 0) is 11.3 Å². The van der Waals surface area contributed by atoms with Gasteiger partial charge in [-0.25, -0.2) is 4.79 Å². The van der Waals surface area contributed by atoms with Crippen LogP contribution in [0.4, 0.5) is 10.5 Å². The van der Waals surface area contributed by atoms with Crippen LogP contribution in [0.3, 0.4) is 0 Å². The Bertz CT molecular complexity index is 613. The number of benzene rings is 1. The highest BCUT2D eigenvalue weighted by atomic mass is 16.2. The van der Waals surface area contributed by atoms with Gasteiger partial charge in [0, 0.05) is 38.3 Å². The zero-order valence-corrected chi connectivity index (χ0v) is 15.0. The summed E-state index contributed by atoms with van der Waals surface area (Å²) in [6.07, 6.45) is 4.70. The molecular formula is C19H28N4O2. The monoisotopic (exact) mass is 344 g/mol. The van der Waals surface area contributed by atoms with Gasteiger partial charge < -0.3 is 15.5 Å². The van der Waals surface area contributed by atoms with Crippen molar-refractivity contribution in [1.82, 2.24) is 15.1 Å². The van der Waals surface area contributed by atoms with Crippen LogP contribution in [0.2, 0.25) is 0 Å². The van der Waals surface area contributed by atoms with Crippen molar-refractivity contribution in [3.8, 4) is 0 Å². The summed E-state index contributed by atoms with van der Waals surface area (Å²) in [4.78, 5) is 27.8. The van der Waals surface area contributed by atoms with Crippen LogP contribution < -0.4 is 10.6 Å². The highest BCUT2D eigenvalue weighted by Gasteiger charge is 2.26. The molecule has 2 heterocycles. The van der Waals surface area contributed by atoms with Crippen molar-refractivity contribution >= 4 is 17.6 Å². The van der Waals surface area contributed by atoms with Crippen LogP contribution in [0.15, 0.2) is 24.3 Å². The van der Waals surface area contributed by atoms with Gasteiger partial charge in [-0.3, -0.25) is 9.69 Å². The van der Waals surface area contributed by atoms with Crippen LogP contribution >= 0.6 is 0 Å². The van der Waals surface area contributed by atoms with Gasteiger partial charge in [-0.15, -0.1) is 0 Å². The zero-order valence-electron chi connectivity index (χ0n) is 15.0. The standard InChI is InChI=1S/C19H28N4O2/c1-15(24)20-18-8-11-23(14-18)19(25)21-17-7-5-6-16(12-17)13-22-9-3-2-4-10-22/h5-7,12,18H,2-4,8-11,13-14H2,1H3,(H,20,24)(H,21,25)/t18-/m0/s1. The SMILES string of the molecule is CC(=O)N[C@H]1CCN(C(=O)Nc2cccc(CN3CCCCC3)c2)C1. The summed E-state index contributed by atoms with van der Waals surface area (Å²) in [5.74, 6) is -0.0438. The number of urea groups is 1. The average molecular weight is 344 g/mol. The maximum Gasteiger partial charge on any atom is 0.321 e. The molecule has 6 heteroatoms. The van der Waals surface area contributed by atoms with E-state index in [-0.39, 0.29) is 18.0 Å². The van der Waals surface area contributed by atoms with Gasteiger partial charge in [0.25, 0.3) is 0 Å². The summed E-state index contributed by atoms with van der Waals surface area (Å²) >= 11 is 0. The van der Waals surface area contributed by atoms with E-state index in [1.807, 2.05) is 12.1 Å². The highest BCUT2D eigenvalue weighted by molar-refractivity contribution is 5.89. The highest BCUT2D eigenvalue weighted by Crippen LogP contribution is 2.17. The van der Waals surface area contributed by atoms with E-state index in [0.717, 1.165) is 31.7 Å². The average Bonchev–Trinajstić information content (AvgIpc) is 3.04. The van der Waals surface area contributed by atoms with Crippen molar-refractivity contribution in [2.24, 2.45) is 0 Å². The Morgan fingerprint density at radius 1 is 1.16 bits per heavy atom. The number of carbonyl (C=O) groups is 2. The van der Waals surface area contributed by atoms with Crippen LogP contribution in [0.25, 0.3) is 0 Å². The number of likely N-dealkylation sites (tertiary alicyclic amines) is 2. The fraction of sp³-hybridized carbons (Fsp3) is 0.579. The fourth-order valence-electron chi connectivity index (χ4n) is 3.68. The molecule has 0 unspecified atom stereocenters. The molecule has 1 aromatic carbocycles. The van der Waals surface area contributed by atoms with E-state index in [0.29, 0.717) is 13.1 Å². The smallest absolute Gasteiger partial charge is 0.321 e. The van der Waals surface area contributed by atoms with Crippen molar-refractivity contribution < 1.29 is 9.59 Å². The van der Waals surface area contributed by atoms with E-state index < -0.39 is 0 Å². The third-order valence-electron chi connectivity index (χ3n) is 4.92. The third kappa shape index (κ3) is 5.19. The van der Waals surface area contributed by atoms with Crippen molar-refractivity contribution in [2.45, 2.75) is 45.2 Å². The summed E-state index contributed by atoms with van der Waals surface area (Å²) in [5.41, 5.74) is 2.07. The summed E-state index contributed by atoms with van der Waals surface area (Å²) in [6, 6.07) is 8.08. The first kappa shape index (κ1) is 17.7. The van der Waals surface area contributed by atoms with E-state index in [1.165, 1.54) is 31.7 Å². The van der Waals surface area contributed by atoms with E-state index in [2.05, 4.69) is 27.7 Å². The minimum Gasteiger partial charge on any atom is -0.352 e. The number of amides is 3. The number of nitrogens with zero attached hydrogens (tertiary/aromatic N) is 2. The molecule has 2 saturated heterocycles. The van der Waals surface area contributed by atoms with Gasteiger partial charge in [-0.1, -0.05) is 18.6 Å². The molecule has 2 N–H and O–H groups in total. The van der Waals surface area contributed by atoms with Crippen molar-refractivity contribution in [1.29, 1.82) is 0 Å². The number of piperidine rings is 1. The van der Waals surface area contributed by atoms with Gasteiger partial charge in [0.15, 0.2) is 0 Å². The lowest BCUT2D eigenvalue weighted by Crippen LogP contribution is -2.38. The molecular weight excluding hydrogens is 316 g/mol. The minimum atomic E-state index is -0.0945. The number of rotatable bonds is 4. The maximum atomic E-state index is 12.4. The number of carbonyl (C=O) groups excluding carboxylic acids is 2. The van der Waals surface area contributed by atoms with Crippen molar-refractivity contribution in [2.75, 3.05) is 31.5 Å². The second-order valence-corrected chi connectivity index (χ2v) is 7.10. The Balaban J connectivity index is 1.53. The Labute approximate surface area is 149 Å². The topological polar surface area (TPSA) is 64.7 Å². The Morgan fingerprint density at radius 3 is 2.72 bits per heavy atom. The van der Waals surface area contributed by atoms with Crippen molar-refractivity contribution in [3.05, 3.63) is 29.8 Å². The van der Waals surface area contributed by atoms with E-state index in [1.54, 1.807) is 4.90 Å². The Morgan fingerprint density at radius 2 is 1.96 bits per heavy atom. The molecule has 0 radical (unpaired) electrons. The molecule has 0 aromatic heterocycles. The Kier molecular flexibility index (Phi) is 5.91. The van der Waals surface area contributed by atoms with Gasteiger partial charge in [0.05, 0.1) is 0 Å². The molecule has 0 saturated carbocycles. The van der Waals surface area contributed by atoms with Gasteiger partial charge in [-0.05, 0) is 50.0 Å². The quantitative estimate of drug-likeness (QED) is 0.882. The first-order valence-corrected chi connectivity index (χ1v) is 9.24. The molecule has 3 amide bonds. The predicted octanol–water partition coefficient (Wildman–Crippen LogP) is 2.41. The maximum absolute atomic E-state index is 12.4. The first-order chi connectivity index (χ1) is 12.1. The largest absolute Gasteiger partial charge is 0.352 e. The second-order valence-electron chi connectivity index (χ2n) is 7.10. The molecule has 2 aliphatic heterocycles. The fourth-order valence-corrected chi connectivity index (χ4v) is 3.68. The third-order valence-corrected chi connectivity index (χ3v) is 4.92. The summed E-state index contributed by atoms with van der Waals surface area (Å²) in [7, 11) is 0. The Hall–Kier alpha value is -2.08. The molecule has 25 heavy (non-hydrogen) atoms. The molecule has 3 rings (SSSR count). The lowest BCUT2D eigenvalue weighted by atomic mass is 10.1. The zero-order chi connectivity index (χ0) is 17.6. The molecule has 136 valence electrons. The second kappa shape index (κ2) is 8.34. The molecule has 2 aliphatic rings. The first-order valence-electron chi connectivity index (χ1n) is 9.24. The van der Waals surface area contributed by atoms with Crippen LogP contribution in [0.1, 0.15) is 38.2 Å². The minimum absolute atomic E-state index is 0.0438. The molecule has 1 atom stereocenters. The summed E-state index contributed by atoms with van der Waals surface area (Å²) < 4.78 is 0. The molecule has 6 nitrogen and oxygen atoms in total. The lowest BCUT2D eigenvalue weighted by Gasteiger charge is -2.26. The molecule has 0 spiro atoms. The summed E-state index contributed by atoms with van der Waals surface area (Å²) in [5, 5.41) is 5.87. The van der Waals surface area contributed by atoms with E-state index in [4.69, 9.17) is 0 Å². The van der Waals surface area contributed by atoms with Gasteiger partial charge >= 0.3 is 6.03 Å². The number of hydrogen-bond donors (Lipinski definition) is 2. The molecule has 0 aliphatic carbocycles. The number of nitrogens with one attached hydrogen (secondary N) is 2. The molecule has 0 bridgehead atoms. The van der Waals surface area contributed by atoms with Gasteiger partial charge in [0.2, 0.25) is 5.91 Å². The predicted molar refractivity (Wildman–Crippen MR) is 98.4 cm³/mol. The number of hydrogen-bond acceptors (Lipinski definition) is 3. The number of anilines is 1. The van der Waals surface area contributed by atoms with Crippen LogP contribution in [-0.4, -0.2) is 54.0 Å². The van der Waals surface area contributed by atoms with Crippen LogP contribution in [0.5, 0.6) is 0 Å². The van der Waals surface area contributed by atoms with Gasteiger partial charge in [0.1, 0.15) is 0 Å². The van der Waals surface area contributed by atoms with Crippen molar-refractivity contribution in [3.63, 3.8) is 0 Å². The van der Waals surface area contributed by atoms with Crippen LogP contribution in [0, 0.1) is 0 Å². The van der Waals surface area contributed by atoms with Gasteiger partial charge in [-0.2, -0.15) is 0 Å². The summed E-state index contributed by atoms with van der Waals surface area (Å²) in [6.45, 7) is 6.02. The van der Waals surface area contributed by atoms with E-state index in [9.17, 15) is 9.59 Å². The van der Waals surface area contributed by atoms with E-state index >= 15 is 0 Å². The lowest BCUT2D eigenvalue weighted by molar-refractivity contribution is -0.119.